The van der Waals surface area contributed by atoms with Crippen molar-refractivity contribution in [3.05, 3.63) is 60.2 Å². The Bertz CT molecular complexity index is 555. The number of rotatable bonds is 6. The maximum Gasteiger partial charge on any atom is 0.250 e. The first-order chi connectivity index (χ1) is 9.78. The molecule has 4 nitrogen and oxygen atoms in total. The minimum absolute atomic E-state index is 0.0199. The van der Waals surface area contributed by atoms with Gasteiger partial charge in [-0.05, 0) is 17.7 Å². The lowest BCUT2D eigenvalue weighted by molar-refractivity contribution is -0.121. The number of amides is 1. The number of ether oxygens (including phenoxy) is 2. The minimum Gasteiger partial charge on any atom is -0.497 e. The van der Waals surface area contributed by atoms with E-state index in [2.05, 4.69) is 5.32 Å². The second-order valence-electron chi connectivity index (χ2n) is 4.26. The van der Waals surface area contributed by atoms with Crippen molar-refractivity contribution in [3.63, 3.8) is 0 Å². The molecule has 0 aliphatic heterocycles. The van der Waals surface area contributed by atoms with Gasteiger partial charge in [0, 0.05) is 11.8 Å². The van der Waals surface area contributed by atoms with Crippen LogP contribution >= 0.6 is 0 Å². The first-order valence-corrected chi connectivity index (χ1v) is 6.33. The van der Waals surface area contributed by atoms with Gasteiger partial charge in [-0.25, -0.2) is 0 Å². The van der Waals surface area contributed by atoms with Gasteiger partial charge in [-0.2, -0.15) is 0 Å². The summed E-state index contributed by atoms with van der Waals surface area (Å²) in [5, 5.41) is 2.76. The van der Waals surface area contributed by atoms with Crippen molar-refractivity contribution in [2.75, 3.05) is 19.0 Å². The van der Waals surface area contributed by atoms with Crippen LogP contribution in [0.1, 0.15) is 5.56 Å². The molecule has 2 rings (SSSR count). The van der Waals surface area contributed by atoms with Crippen LogP contribution in [0, 0.1) is 0 Å². The number of anilines is 1. The molecule has 2 aromatic rings. The smallest absolute Gasteiger partial charge is 0.250 e. The summed E-state index contributed by atoms with van der Waals surface area (Å²) in [5.41, 5.74) is 1.74. The Hall–Kier alpha value is -2.33. The van der Waals surface area contributed by atoms with Crippen LogP contribution in [-0.2, 0) is 16.1 Å². The molecule has 4 heteroatoms. The number of hydrogen-bond donors (Lipinski definition) is 1. The summed E-state index contributed by atoms with van der Waals surface area (Å²) in [6, 6.07) is 16.9. The summed E-state index contributed by atoms with van der Waals surface area (Å²) in [6.45, 7) is 0.443. The van der Waals surface area contributed by atoms with E-state index in [9.17, 15) is 4.79 Å². The lowest BCUT2D eigenvalue weighted by atomic mass is 10.2. The highest BCUT2D eigenvalue weighted by Gasteiger charge is 2.03. The van der Waals surface area contributed by atoms with E-state index >= 15 is 0 Å². The molecule has 2 aromatic carbocycles. The van der Waals surface area contributed by atoms with Crippen LogP contribution in [0.15, 0.2) is 54.6 Å². The third-order valence-corrected chi connectivity index (χ3v) is 2.70. The molecule has 0 bridgehead atoms. The molecule has 1 amide bonds. The molecule has 104 valence electrons. The average Bonchev–Trinajstić information content (AvgIpc) is 2.48. The Morgan fingerprint density at radius 2 is 1.90 bits per heavy atom. The van der Waals surface area contributed by atoms with Crippen LogP contribution < -0.4 is 10.1 Å². The fraction of sp³-hybridized carbons (Fsp3) is 0.188. The van der Waals surface area contributed by atoms with Gasteiger partial charge >= 0.3 is 0 Å². The standard InChI is InChI=1S/C16H17NO3/c1-19-15-9-5-8-14(10-15)17-16(18)12-20-11-13-6-3-2-4-7-13/h2-10H,11-12H2,1H3,(H,17,18). The molecular formula is C16H17NO3. The van der Waals surface area contributed by atoms with E-state index in [4.69, 9.17) is 9.47 Å². The summed E-state index contributed by atoms with van der Waals surface area (Å²) in [4.78, 5) is 11.7. The van der Waals surface area contributed by atoms with Crippen molar-refractivity contribution in [2.24, 2.45) is 0 Å². The molecule has 0 atom stereocenters. The maximum absolute atomic E-state index is 11.7. The minimum atomic E-state index is -0.186. The molecule has 0 heterocycles. The van der Waals surface area contributed by atoms with Crippen molar-refractivity contribution < 1.29 is 14.3 Å². The van der Waals surface area contributed by atoms with E-state index in [1.54, 1.807) is 19.2 Å². The maximum atomic E-state index is 11.7. The van der Waals surface area contributed by atoms with Crippen molar-refractivity contribution >= 4 is 11.6 Å². The van der Waals surface area contributed by atoms with Crippen LogP contribution in [0.3, 0.4) is 0 Å². The van der Waals surface area contributed by atoms with Gasteiger partial charge < -0.3 is 14.8 Å². The molecule has 0 aromatic heterocycles. The van der Waals surface area contributed by atoms with Gasteiger partial charge in [0.05, 0.1) is 13.7 Å². The predicted octanol–water partition coefficient (Wildman–Crippen LogP) is 2.85. The van der Waals surface area contributed by atoms with E-state index in [-0.39, 0.29) is 12.5 Å². The first kappa shape index (κ1) is 14.1. The quantitative estimate of drug-likeness (QED) is 0.878. The van der Waals surface area contributed by atoms with E-state index in [0.29, 0.717) is 18.0 Å². The normalized spacial score (nSPS) is 10.1. The highest BCUT2D eigenvalue weighted by Crippen LogP contribution is 2.16. The molecule has 0 saturated carbocycles. The zero-order chi connectivity index (χ0) is 14.2. The summed E-state index contributed by atoms with van der Waals surface area (Å²) < 4.78 is 10.5. The highest BCUT2D eigenvalue weighted by molar-refractivity contribution is 5.91. The zero-order valence-electron chi connectivity index (χ0n) is 11.3. The second kappa shape index (κ2) is 7.31. The number of methoxy groups -OCH3 is 1. The lowest BCUT2D eigenvalue weighted by Gasteiger charge is -2.07. The molecule has 0 saturated heterocycles. The summed E-state index contributed by atoms with van der Waals surface area (Å²) >= 11 is 0. The highest BCUT2D eigenvalue weighted by atomic mass is 16.5. The Balaban J connectivity index is 1.77. The van der Waals surface area contributed by atoms with Gasteiger partial charge in [0.25, 0.3) is 0 Å². The van der Waals surface area contributed by atoms with E-state index in [1.807, 2.05) is 42.5 Å². The third kappa shape index (κ3) is 4.40. The van der Waals surface area contributed by atoms with E-state index in [1.165, 1.54) is 0 Å². The van der Waals surface area contributed by atoms with Gasteiger partial charge in [-0.15, -0.1) is 0 Å². The molecule has 0 radical (unpaired) electrons. The van der Waals surface area contributed by atoms with Crippen LogP contribution in [-0.4, -0.2) is 19.6 Å². The number of carbonyl (C=O) groups is 1. The molecule has 0 aliphatic rings. The predicted molar refractivity (Wildman–Crippen MR) is 77.7 cm³/mol. The van der Waals surface area contributed by atoms with Gasteiger partial charge in [-0.3, -0.25) is 4.79 Å². The Morgan fingerprint density at radius 3 is 2.65 bits per heavy atom. The van der Waals surface area contributed by atoms with Gasteiger partial charge in [0.1, 0.15) is 12.4 Å². The first-order valence-electron chi connectivity index (χ1n) is 6.33. The fourth-order valence-electron chi connectivity index (χ4n) is 1.73. The molecule has 0 fully saturated rings. The summed E-state index contributed by atoms with van der Waals surface area (Å²) in [6.07, 6.45) is 0. The third-order valence-electron chi connectivity index (χ3n) is 2.70. The summed E-state index contributed by atoms with van der Waals surface area (Å²) in [5.74, 6) is 0.516. The van der Waals surface area contributed by atoms with Gasteiger partial charge in [0.2, 0.25) is 5.91 Å². The number of hydrogen-bond acceptors (Lipinski definition) is 3. The van der Waals surface area contributed by atoms with Crippen molar-refractivity contribution in [1.29, 1.82) is 0 Å². The Morgan fingerprint density at radius 1 is 1.10 bits per heavy atom. The van der Waals surface area contributed by atoms with Crippen LogP contribution in [0.4, 0.5) is 5.69 Å². The van der Waals surface area contributed by atoms with Crippen LogP contribution in [0.5, 0.6) is 5.75 Å². The van der Waals surface area contributed by atoms with Gasteiger partial charge in [-0.1, -0.05) is 36.4 Å². The van der Waals surface area contributed by atoms with Crippen molar-refractivity contribution in [3.8, 4) is 5.75 Å². The van der Waals surface area contributed by atoms with Crippen LogP contribution in [0.2, 0.25) is 0 Å². The number of benzene rings is 2. The van der Waals surface area contributed by atoms with E-state index in [0.717, 1.165) is 5.56 Å². The zero-order valence-corrected chi connectivity index (χ0v) is 11.3. The van der Waals surface area contributed by atoms with Gasteiger partial charge in [0.15, 0.2) is 0 Å². The van der Waals surface area contributed by atoms with Crippen LogP contribution in [0.25, 0.3) is 0 Å². The number of carbonyl (C=O) groups excluding carboxylic acids is 1. The topological polar surface area (TPSA) is 47.6 Å². The van der Waals surface area contributed by atoms with Crippen molar-refractivity contribution in [2.45, 2.75) is 6.61 Å². The summed E-state index contributed by atoms with van der Waals surface area (Å²) in [7, 11) is 1.59. The molecule has 0 aliphatic carbocycles. The SMILES string of the molecule is COc1cccc(NC(=O)COCc2ccccc2)c1. The number of nitrogens with one attached hydrogen (secondary N) is 1. The lowest BCUT2D eigenvalue weighted by Crippen LogP contribution is -2.18. The average molecular weight is 271 g/mol. The molecular weight excluding hydrogens is 254 g/mol. The Kier molecular flexibility index (Phi) is 5.15. The monoisotopic (exact) mass is 271 g/mol. The van der Waals surface area contributed by atoms with Crippen molar-refractivity contribution in [1.82, 2.24) is 0 Å². The molecule has 1 N–H and O–H groups in total. The molecule has 0 spiro atoms. The molecule has 0 unspecified atom stereocenters. The molecule has 20 heavy (non-hydrogen) atoms. The fourth-order valence-corrected chi connectivity index (χ4v) is 1.73. The largest absolute Gasteiger partial charge is 0.497 e. The van der Waals surface area contributed by atoms with E-state index < -0.39 is 0 Å². The second-order valence-corrected chi connectivity index (χ2v) is 4.26. The Labute approximate surface area is 118 Å².